The summed E-state index contributed by atoms with van der Waals surface area (Å²) in [6.07, 6.45) is 1.08. The summed E-state index contributed by atoms with van der Waals surface area (Å²) in [7, 11) is 3.59. The Labute approximate surface area is 104 Å². The average Bonchev–Trinajstić information content (AvgIpc) is 2.66. The molecule has 0 aromatic heterocycles. The summed E-state index contributed by atoms with van der Waals surface area (Å²) in [5, 5.41) is 3.04. The standard InChI is InChI=1S/C11H22N2O2.ClH/c1-9(6-12-2)11(14)13-5-4-10(7-13)8-15-3;/h9-10,12H,4-8H2,1-3H3;1H. The highest BCUT2D eigenvalue weighted by Gasteiger charge is 2.28. The Balaban J connectivity index is 0.00000225. The number of rotatable bonds is 5. The molecule has 96 valence electrons. The SMILES string of the molecule is CNCC(C)C(=O)N1CCC(COC)C1.Cl. The van der Waals surface area contributed by atoms with E-state index >= 15 is 0 Å². The van der Waals surface area contributed by atoms with Crippen LogP contribution in [0.3, 0.4) is 0 Å². The predicted molar refractivity (Wildman–Crippen MR) is 66.9 cm³/mol. The second kappa shape index (κ2) is 7.87. The second-order valence-corrected chi connectivity index (χ2v) is 4.35. The molecular formula is C11H23ClN2O2. The van der Waals surface area contributed by atoms with Gasteiger partial charge in [0.05, 0.1) is 6.61 Å². The molecule has 0 aromatic carbocycles. The zero-order valence-electron chi connectivity index (χ0n) is 10.4. The number of methoxy groups -OCH3 is 1. The van der Waals surface area contributed by atoms with Crippen molar-refractivity contribution in [1.82, 2.24) is 10.2 Å². The first kappa shape index (κ1) is 15.7. The largest absolute Gasteiger partial charge is 0.384 e. The molecule has 16 heavy (non-hydrogen) atoms. The highest BCUT2D eigenvalue weighted by Crippen LogP contribution is 2.18. The van der Waals surface area contributed by atoms with Crippen LogP contribution < -0.4 is 5.32 Å². The van der Waals surface area contributed by atoms with E-state index in [1.54, 1.807) is 7.11 Å². The molecule has 1 rings (SSSR count). The first-order chi connectivity index (χ1) is 7.19. The van der Waals surface area contributed by atoms with Gasteiger partial charge >= 0.3 is 0 Å². The van der Waals surface area contributed by atoms with E-state index in [0.717, 1.165) is 32.7 Å². The molecule has 2 atom stereocenters. The first-order valence-corrected chi connectivity index (χ1v) is 5.61. The van der Waals surface area contributed by atoms with Crippen LogP contribution in [0.1, 0.15) is 13.3 Å². The number of ether oxygens (including phenoxy) is 1. The molecule has 2 unspecified atom stereocenters. The van der Waals surface area contributed by atoms with Crippen molar-refractivity contribution in [2.45, 2.75) is 13.3 Å². The smallest absolute Gasteiger partial charge is 0.226 e. The van der Waals surface area contributed by atoms with Crippen molar-refractivity contribution < 1.29 is 9.53 Å². The van der Waals surface area contributed by atoms with E-state index in [0.29, 0.717) is 5.92 Å². The molecule has 0 aromatic rings. The Bertz CT molecular complexity index is 214. The third-order valence-electron chi connectivity index (χ3n) is 2.93. The van der Waals surface area contributed by atoms with Gasteiger partial charge in [0.15, 0.2) is 0 Å². The fourth-order valence-electron chi connectivity index (χ4n) is 2.11. The number of likely N-dealkylation sites (tertiary alicyclic amines) is 1. The molecule has 4 nitrogen and oxygen atoms in total. The topological polar surface area (TPSA) is 41.6 Å². The van der Waals surface area contributed by atoms with Crippen LogP contribution in [0.2, 0.25) is 0 Å². The second-order valence-electron chi connectivity index (χ2n) is 4.35. The van der Waals surface area contributed by atoms with Gasteiger partial charge in [0, 0.05) is 38.6 Å². The average molecular weight is 251 g/mol. The zero-order valence-corrected chi connectivity index (χ0v) is 11.2. The molecule has 0 aliphatic carbocycles. The van der Waals surface area contributed by atoms with E-state index in [-0.39, 0.29) is 24.2 Å². The lowest BCUT2D eigenvalue weighted by Crippen LogP contribution is -2.37. The minimum absolute atomic E-state index is 0. The summed E-state index contributed by atoms with van der Waals surface area (Å²) in [4.78, 5) is 13.9. The quantitative estimate of drug-likeness (QED) is 0.783. The maximum absolute atomic E-state index is 11.9. The van der Waals surface area contributed by atoms with E-state index in [9.17, 15) is 4.79 Å². The van der Waals surface area contributed by atoms with Gasteiger partial charge < -0.3 is 15.0 Å². The Morgan fingerprint density at radius 1 is 1.62 bits per heavy atom. The van der Waals surface area contributed by atoms with Crippen LogP contribution in [0, 0.1) is 11.8 Å². The molecule has 1 saturated heterocycles. The lowest BCUT2D eigenvalue weighted by Gasteiger charge is -2.20. The Kier molecular flexibility index (Phi) is 7.72. The summed E-state index contributed by atoms with van der Waals surface area (Å²) in [5.74, 6) is 0.875. The monoisotopic (exact) mass is 250 g/mol. The lowest BCUT2D eigenvalue weighted by molar-refractivity contribution is -0.133. The molecule has 1 aliphatic heterocycles. The highest BCUT2D eigenvalue weighted by molar-refractivity contribution is 5.85. The Morgan fingerprint density at radius 3 is 2.88 bits per heavy atom. The van der Waals surface area contributed by atoms with Crippen LogP contribution >= 0.6 is 12.4 Å². The van der Waals surface area contributed by atoms with Crippen LogP contribution in [-0.2, 0) is 9.53 Å². The molecule has 5 heteroatoms. The van der Waals surface area contributed by atoms with E-state index in [4.69, 9.17) is 4.74 Å². The Morgan fingerprint density at radius 2 is 2.31 bits per heavy atom. The summed E-state index contributed by atoms with van der Waals surface area (Å²) >= 11 is 0. The van der Waals surface area contributed by atoms with Crippen LogP contribution in [0.15, 0.2) is 0 Å². The lowest BCUT2D eigenvalue weighted by atomic mass is 10.1. The van der Waals surface area contributed by atoms with Crippen molar-refractivity contribution in [2.75, 3.05) is 40.4 Å². The van der Waals surface area contributed by atoms with Crippen molar-refractivity contribution in [3.05, 3.63) is 0 Å². The first-order valence-electron chi connectivity index (χ1n) is 5.61. The molecular weight excluding hydrogens is 228 g/mol. The third-order valence-corrected chi connectivity index (χ3v) is 2.93. The van der Waals surface area contributed by atoms with Crippen molar-refractivity contribution >= 4 is 18.3 Å². The van der Waals surface area contributed by atoms with Gasteiger partial charge in [0.25, 0.3) is 0 Å². The van der Waals surface area contributed by atoms with Gasteiger partial charge in [-0.15, -0.1) is 12.4 Å². The summed E-state index contributed by atoms with van der Waals surface area (Å²) in [6, 6.07) is 0. The summed E-state index contributed by atoms with van der Waals surface area (Å²) in [6.45, 7) is 5.25. The number of amides is 1. The van der Waals surface area contributed by atoms with Crippen molar-refractivity contribution in [3.63, 3.8) is 0 Å². The number of nitrogens with zero attached hydrogens (tertiary/aromatic N) is 1. The fourth-order valence-corrected chi connectivity index (χ4v) is 2.11. The summed E-state index contributed by atoms with van der Waals surface area (Å²) < 4.78 is 5.11. The maximum atomic E-state index is 11.9. The van der Waals surface area contributed by atoms with Gasteiger partial charge in [-0.1, -0.05) is 6.92 Å². The van der Waals surface area contributed by atoms with Gasteiger partial charge in [-0.2, -0.15) is 0 Å². The molecule has 0 bridgehead atoms. The van der Waals surface area contributed by atoms with Crippen LogP contribution in [0.4, 0.5) is 0 Å². The third kappa shape index (κ3) is 4.28. The zero-order chi connectivity index (χ0) is 11.3. The van der Waals surface area contributed by atoms with Crippen LogP contribution in [0.25, 0.3) is 0 Å². The van der Waals surface area contributed by atoms with E-state index in [1.807, 2.05) is 18.9 Å². The van der Waals surface area contributed by atoms with Gasteiger partial charge in [-0.25, -0.2) is 0 Å². The molecule has 0 saturated carbocycles. The van der Waals surface area contributed by atoms with E-state index in [2.05, 4.69) is 5.32 Å². The minimum Gasteiger partial charge on any atom is -0.384 e. The fraction of sp³-hybridized carbons (Fsp3) is 0.909. The molecule has 1 amide bonds. The molecule has 1 heterocycles. The molecule has 1 N–H and O–H groups in total. The highest BCUT2D eigenvalue weighted by atomic mass is 35.5. The van der Waals surface area contributed by atoms with Gasteiger partial charge in [-0.05, 0) is 13.5 Å². The Hall–Kier alpha value is -0.320. The number of halogens is 1. The minimum atomic E-state index is 0. The van der Waals surface area contributed by atoms with Crippen LogP contribution in [0.5, 0.6) is 0 Å². The number of hydrogen-bond acceptors (Lipinski definition) is 3. The number of hydrogen-bond donors (Lipinski definition) is 1. The van der Waals surface area contributed by atoms with Crippen LogP contribution in [-0.4, -0.2) is 51.2 Å². The van der Waals surface area contributed by atoms with Crippen molar-refractivity contribution in [3.8, 4) is 0 Å². The predicted octanol–water partition coefficient (Wildman–Crippen LogP) is 0.759. The van der Waals surface area contributed by atoms with E-state index in [1.165, 1.54) is 0 Å². The van der Waals surface area contributed by atoms with Gasteiger partial charge in [0.2, 0.25) is 5.91 Å². The number of carbonyl (C=O) groups is 1. The normalized spacial score (nSPS) is 21.7. The number of carbonyl (C=O) groups excluding carboxylic acids is 1. The molecule has 1 aliphatic rings. The van der Waals surface area contributed by atoms with E-state index < -0.39 is 0 Å². The summed E-state index contributed by atoms with van der Waals surface area (Å²) in [5.41, 5.74) is 0. The number of nitrogens with one attached hydrogen (secondary N) is 1. The van der Waals surface area contributed by atoms with Gasteiger partial charge in [0.1, 0.15) is 0 Å². The molecule has 0 spiro atoms. The molecule has 0 radical (unpaired) electrons. The maximum Gasteiger partial charge on any atom is 0.226 e. The van der Waals surface area contributed by atoms with Crippen molar-refractivity contribution in [2.24, 2.45) is 11.8 Å². The van der Waals surface area contributed by atoms with Crippen molar-refractivity contribution in [1.29, 1.82) is 0 Å². The molecule has 1 fully saturated rings. The van der Waals surface area contributed by atoms with Gasteiger partial charge in [-0.3, -0.25) is 4.79 Å².